The first-order valence-electron chi connectivity index (χ1n) is 7.27. The van der Waals surface area contributed by atoms with Gasteiger partial charge in [-0.05, 0) is 59.8 Å². The molecule has 1 heterocycles. The number of hydrogen-bond acceptors (Lipinski definition) is 5. The van der Waals surface area contributed by atoms with E-state index in [9.17, 15) is 0 Å². The highest BCUT2D eigenvalue weighted by atomic mass is 127. The predicted octanol–water partition coefficient (Wildman–Crippen LogP) is 4.55. The van der Waals surface area contributed by atoms with E-state index in [2.05, 4.69) is 22.6 Å². The van der Waals surface area contributed by atoms with E-state index in [1.54, 1.807) is 11.8 Å². The van der Waals surface area contributed by atoms with Gasteiger partial charge in [0.05, 0.1) is 11.5 Å². The molecule has 0 aliphatic carbocycles. The maximum atomic E-state index is 5.74. The Morgan fingerprint density at radius 3 is 2.96 bits per heavy atom. The van der Waals surface area contributed by atoms with Crippen LogP contribution in [0.2, 0.25) is 0 Å². The van der Waals surface area contributed by atoms with Crippen LogP contribution in [0.3, 0.4) is 0 Å². The van der Waals surface area contributed by atoms with Crippen molar-refractivity contribution < 1.29 is 18.9 Å². The molecule has 0 fully saturated rings. The second kappa shape index (κ2) is 8.12. The Labute approximate surface area is 153 Å². The molecule has 0 aromatic heterocycles. The highest BCUT2D eigenvalue weighted by molar-refractivity contribution is 14.1. The van der Waals surface area contributed by atoms with E-state index < -0.39 is 0 Å². The van der Waals surface area contributed by atoms with E-state index >= 15 is 0 Å². The Bertz CT molecular complexity index is 665. The maximum Gasteiger partial charge on any atom is 0.197 e. The first kappa shape index (κ1) is 16.7. The number of fused-ring (bicyclic) bond motifs is 1. The zero-order valence-corrected chi connectivity index (χ0v) is 15.6. The lowest BCUT2D eigenvalue weighted by Crippen LogP contribution is -2.19. The van der Waals surface area contributed by atoms with Crippen LogP contribution in [-0.2, 0) is 4.74 Å². The molecule has 2 aromatic rings. The summed E-state index contributed by atoms with van der Waals surface area (Å²) in [5.41, 5.74) is 0. The van der Waals surface area contributed by atoms with Gasteiger partial charge >= 0.3 is 0 Å². The van der Waals surface area contributed by atoms with Crippen LogP contribution in [0.25, 0.3) is 0 Å². The molecular weight excluding hydrogens is 427 g/mol. The molecule has 2 aromatic carbocycles. The summed E-state index contributed by atoms with van der Waals surface area (Å²) in [4.78, 5) is 1.15. The Balaban J connectivity index is 1.40. The summed E-state index contributed by atoms with van der Waals surface area (Å²) >= 11 is 3.94. The molecule has 0 amide bonds. The molecule has 0 saturated carbocycles. The smallest absolute Gasteiger partial charge is 0.197 e. The van der Waals surface area contributed by atoms with Crippen molar-refractivity contribution in [1.29, 1.82) is 0 Å². The van der Waals surface area contributed by atoms with Crippen LogP contribution in [0, 0.1) is 3.57 Å². The minimum atomic E-state index is -0.346. The zero-order chi connectivity index (χ0) is 16.1. The van der Waals surface area contributed by atoms with E-state index in [1.807, 2.05) is 49.4 Å². The predicted molar refractivity (Wildman–Crippen MR) is 98.5 cm³/mol. The number of benzene rings is 2. The molecule has 0 spiro atoms. The molecule has 0 N–H and O–H groups in total. The molecule has 4 nitrogen and oxygen atoms in total. The number of thioether (sulfide) groups is 1. The van der Waals surface area contributed by atoms with Crippen molar-refractivity contribution in [3.63, 3.8) is 0 Å². The standard InChI is InChI=1S/C17H17IO4S/c1-12(19-7-8-20-14-4-2-3-13(18)9-14)22-15-5-6-17-16(10-15)21-11-23-17/h2-6,9-10,12H,7-8,11H2,1H3. The van der Waals surface area contributed by atoms with Gasteiger partial charge in [0.2, 0.25) is 0 Å². The highest BCUT2D eigenvalue weighted by Crippen LogP contribution is 2.38. The Morgan fingerprint density at radius 1 is 1.17 bits per heavy atom. The minimum Gasteiger partial charge on any atom is -0.491 e. The molecule has 0 bridgehead atoms. The first-order chi connectivity index (χ1) is 11.2. The van der Waals surface area contributed by atoms with E-state index in [0.717, 1.165) is 25.7 Å². The summed E-state index contributed by atoms with van der Waals surface area (Å²) in [5, 5.41) is 0. The van der Waals surface area contributed by atoms with Gasteiger partial charge in [-0.3, -0.25) is 0 Å². The van der Waals surface area contributed by atoms with Crippen LogP contribution in [-0.4, -0.2) is 25.4 Å². The van der Waals surface area contributed by atoms with Crippen molar-refractivity contribution in [2.75, 3.05) is 19.2 Å². The molecule has 3 rings (SSSR count). The summed E-state index contributed by atoms with van der Waals surface area (Å²) in [6.07, 6.45) is -0.346. The molecular formula is C17H17IO4S. The van der Waals surface area contributed by atoms with Crippen LogP contribution in [0.5, 0.6) is 17.2 Å². The van der Waals surface area contributed by atoms with Crippen molar-refractivity contribution in [2.45, 2.75) is 18.1 Å². The van der Waals surface area contributed by atoms with Gasteiger partial charge in [-0.1, -0.05) is 17.8 Å². The second-order valence-corrected chi connectivity index (χ2v) is 7.09. The van der Waals surface area contributed by atoms with Crippen molar-refractivity contribution >= 4 is 34.4 Å². The summed E-state index contributed by atoms with van der Waals surface area (Å²) in [6, 6.07) is 13.8. The molecule has 1 atom stereocenters. The highest BCUT2D eigenvalue weighted by Gasteiger charge is 2.14. The average molecular weight is 444 g/mol. The van der Waals surface area contributed by atoms with Gasteiger partial charge in [-0.15, -0.1) is 0 Å². The molecule has 1 unspecified atom stereocenters. The SMILES string of the molecule is CC(OCCOc1cccc(I)c1)Oc1ccc2c(c1)OCS2. The van der Waals surface area contributed by atoms with Gasteiger partial charge in [-0.25, -0.2) is 0 Å². The normalized spacial score (nSPS) is 14.0. The third-order valence-electron chi connectivity index (χ3n) is 3.15. The molecule has 1 aliphatic rings. The molecule has 6 heteroatoms. The number of hydrogen-bond donors (Lipinski definition) is 0. The van der Waals surface area contributed by atoms with Crippen molar-refractivity contribution in [1.82, 2.24) is 0 Å². The molecule has 1 aliphatic heterocycles. The van der Waals surface area contributed by atoms with Gasteiger partial charge in [0.15, 0.2) is 6.29 Å². The number of halogens is 1. The fraction of sp³-hybridized carbons (Fsp3) is 0.294. The summed E-state index contributed by atoms with van der Waals surface area (Å²) < 4.78 is 23.7. The van der Waals surface area contributed by atoms with Gasteiger partial charge in [-0.2, -0.15) is 0 Å². The zero-order valence-electron chi connectivity index (χ0n) is 12.7. The lowest BCUT2D eigenvalue weighted by atomic mass is 10.3. The Kier molecular flexibility index (Phi) is 5.91. The van der Waals surface area contributed by atoms with E-state index in [4.69, 9.17) is 18.9 Å². The fourth-order valence-electron chi connectivity index (χ4n) is 2.11. The van der Waals surface area contributed by atoms with Gasteiger partial charge in [0.25, 0.3) is 0 Å². The van der Waals surface area contributed by atoms with E-state index in [1.165, 1.54) is 0 Å². The summed E-state index contributed by atoms with van der Waals surface area (Å²) in [6.45, 7) is 2.82. The summed E-state index contributed by atoms with van der Waals surface area (Å²) in [5.74, 6) is 3.14. The van der Waals surface area contributed by atoms with Gasteiger partial charge in [0, 0.05) is 9.64 Å². The van der Waals surface area contributed by atoms with Crippen LogP contribution in [0.1, 0.15) is 6.92 Å². The second-order valence-electron chi connectivity index (χ2n) is 4.88. The third-order valence-corrected chi connectivity index (χ3v) is 4.70. The lowest BCUT2D eigenvalue weighted by Gasteiger charge is -2.16. The van der Waals surface area contributed by atoms with Crippen molar-refractivity contribution in [2.24, 2.45) is 0 Å². The number of ether oxygens (including phenoxy) is 4. The van der Waals surface area contributed by atoms with Gasteiger partial charge < -0.3 is 18.9 Å². The fourth-order valence-corrected chi connectivity index (χ4v) is 3.36. The van der Waals surface area contributed by atoms with E-state index in [-0.39, 0.29) is 6.29 Å². The first-order valence-corrected chi connectivity index (χ1v) is 9.33. The Morgan fingerprint density at radius 2 is 2.09 bits per heavy atom. The minimum absolute atomic E-state index is 0.346. The van der Waals surface area contributed by atoms with Crippen LogP contribution in [0.4, 0.5) is 0 Å². The molecule has 122 valence electrons. The molecule has 0 radical (unpaired) electrons. The molecule has 0 saturated heterocycles. The van der Waals surface area contributed by atoms with E-state index in [0.29, 0.717) is 19.2 Å². The van der Waals surface area contributed by atoms with Crippen LogP contribution < -0.4 is 14.2 Å². The lowest BCUT2D eigenvalue weighted by molar-refractivity contribution is -0.0739. The van der Waals surface area contributed by atoms with Crippen LogP contribution in [0.15, 0.2) is 47.4 Å². The van der Waals surface area contributed by atoms with Crippen molar-refractivity contribution in [3.8, 4) is 17.2 Å². The quantitative estimate of drug-likeness (QED) is 0.356. The average Bonchev–Trinajstić information content (AvgIpc) is 2.99. The van der Waals surface area contributed by atoms with Crippen LogP contribution >= 0.6 is 34.4 Å². The topological polar surface area (TPSA) is 36.9 Å². The monoisotopic (exact) mass is 444 g/mol. The molecule has 23 heavy (non-hydrogen) atoms. The van der Waals surface area contributed by atoms with Crippen molar-refractivity contribution in [3.05, 3.63) is 46.0 Å². The summed E-state index contributed by atoms with van der Waals surface area (Å²) in [7, 11) is 0. The Hall–Kier alpha value is -1.12. The maximum absolute atomic E-state index is 5.74. The number of rotatable bonds is 7. The largest absolute Gasteiger partial charge is 0.491 e. The van der Waals surface area contributed by atoms with Gasteiger partial charge in [0.1, 0.15) is 29.8 Å². The third kappa shape index (κ3) is 4.92.